The first-order valence-corrected chi connectivity index (χ1v) is 16.5. The topological polar surface area (TPSA) is 105 Å². The SMILES string of the molecule is CCOC(=O)C1=C(C)N=c2s/c(=C\c3cc(Cl)cc(Cl)c3OCc3ccc(C(=O)OCC)cc3)c(=O)n2[C@@H]1c1ccc(OCC)cc1. The second-order valence-electron chi connectivity index (χ2n) is 10.3. The number of allylic oxidation sites excluding steroid dienone is 1. The van der Waals surface area contributed by atoms with Crippen molar-refractivity contribution < 1.29 is 28.5 Å². The minimum atomic E-state index is -0.778. The van der Waals surface area contributed by atoms with Gasteiger partial charge in [0.25, 0.3) is 5.56 Å². The molecule has 1 aliphatic rings. The van der Waals surface area contributed by atoms with E-state index in [0.29, 0.717) is 54.8 Å². The van der Waals surface area contributed by atoms with Crippen LogP contribution < -0.4 is 24.4 Å². The van der Waals surface area contributed by atoms with Crippen LogP contribution in [0.15, 0.2) is 81.7 Å². The minimum Gasteiger partial charge on any atom is -0.494 e. The van der Waals surface area contributed by atoms with E-state index in [0.717, 1.165) is 5.56 Å². The lowest BCUT2D eigenvalue weighted by atomic mass is 9.96. The van der Waals surface area contributed by atoms with Crippen LogP contribution >= 0.6 is 34.5 Å². The Hall–Kier alpha value is -4.38. The van der Waals surface area contributed by atoms with Gasteiger partial charge in [0, 0.05) is 10.6 Å². The number of hydrogen-bond donors (Lipinski definition) is 0. The average Bonchev–Trinajstić information content (AvgIpc) is 3.34. The van der Waals surface area contributed by atoms with Crippen molar-refractivity contribution in [2.75, 3.05) is 19.8 Å². The van der Waals surface area contributed by atoms with Crippen LogP contribution in [0.25, 0.3) is 6.08 Å². The molecule has 0 amide bonds. The van der Waals surface area contributed by atoms with Crippen molar-refractivity contribution in [3.63, 3.8) is 0 Å². The fourth-order valence-corrected chi connectivity index (χ4v) is 6.71. The number of carbonyl (C=O) groups excluding carboxylic acids is 2. The van der Waals surface area contributed by atoms with E-state index in [4.69, 9.17) is 42.1 Å². The molecule has 0 fully saturated rings. The number of carbonyl (C=O) groups is 2. The minimum absolute atomic E-state index is 0.131. The fourth-order valence-electron chi connectivity index (χ4n) is 5.11. The number of hydrogen-bond acceptors (Lipinski definition) is 9. The van der Waals surface area contributed by atoms with Crippen LogP contribution in [0.2, 0.25) is 10.0 Å². The van der Waals surface area contributed by atoms with Crippen molar-refractivity contribution in [2.45, 2.75) is 40.3 Å². The predicted molar refractivity (Wildman–Crippen MR) is 181 cm³/mol. The predicted octanol–water partition coefficient (Wildman–Crippen LogP) is 6.26. The highest BCUT2D eigenvalue weighted by Gasteiger charge is 2.33. The summed E-state index contributed by atoms with van der Waals surface area (Å²) in [4.78, 5) is 44.4. The summed E-state index contributed by atoms with van der Waals surface area (Å²) in [5.74, 6) is 0.0403. The number of esters is 2. The molecule has 1 aromatic heterocycles. The number of ether oxygens (including phenoxy) is 4. The Bertz CT molecular complexity index is 2020. The standard InChI is InChI=1S/C35H32Cl2N2O7S/c1-5-43-26-14-12-22(13-15-26)30-29(34(42)45-7-3)20(4)38-35-39(30)32(40)28(47-35)17-24-16-25(36)18-27(37)31(24)46-19-21-8-10-23(11-9-21)33(41)44-6-2/h8-18,30H,5-7,19H2,1-4H3/b28-17-/t30-/m1/s1. The summed E-state index contributed by atoms with van der Waals surface area (Å²) >= 11 is 14.2. The van der Waals surface area contributed by atoms with Gasteiger partial charge in [0.2, 0.25) is 0 Å². The van der Waals surface area contributed by atoms with Crippen molar-refractivity contribution in [1.29, 1.82) is 0 Å². The molecular weight excluding hydrogens is 663 g/mol. The molecule has 0 bridgehead atoms. The third-order valence-electron chi connectivity index (χ3n) is 7.20. The van der Waals surface area contributed by atoms with Crippen molar-refractivity contribution >= 4 is 52.6 Å². The zero-order chi connectivity index (χ0) is 33.7. The van der Waals surface area contributed by atoms with Crippen molar-refractivity contribution in [1.82, 2.24) is 4.57 Å². The van der Waals surface area contributed by atoms with Crippen molar-refractivity contribution in [3.8, 4) is 11.5 Å². The molecule has 0 saturated carbocycles. The van der Waals surface area contributed by atoms with Gasteiger partial charge < -0.3 is 18.9 Å². The molecule has 0 spiro atoms. The second-order valence-corrected chi connectivity index (χ2v) is 12.2. The molecule has 0 N–H and O–H groups in total. The highest BCUT2D eigenvalue weighted by atomic mass is 35.5. The van der Waals surface area contributed by atoms with Crippen molar-refractivity contribution in [3.05, 3.63) is 124 Å². The molecule has 4 aromatic rings. The van der Waals surface area contributed by atoms with E-state index in [1.165, 1.54) is 15.9 Å². The number of aromatic nitrogens is 1. The summed E-state index contributed by atoms with van der Waals surface area (Å²) in [7, 11) is 0. The van der Waals surface area contributed by atoms with Gasteiger partial charge in [-0.3, -0.25) is 9.36 Å². The number of thiazole rings is 1. The largest absolute Gasteiger partial charge is 0.494 e. The molecule has 47 heavy (non-hydrogen) atoms. The zero-order valence-electron chi connectivity index (χ0n) is 26.2. The molecule has 2 heterocycles. The lowest BCUT2D eigenvalue weighted by Crippen LogP contribution is -2.39. The highest BCUT2D eigenvalue weighted by molar-refractivity contribution is 7.07. The first kappa shape index (κ1) is 34.0. The van der Waals surface area contributed by atoms with Crippen molar-refractivity contribution in [2.24, 2.45) is 4.99 Å². The average molecular weight is 696 g/mol. The molecule has 0 radical (unpaired) electrons. The van der Waals surface area contributed by atoms with Gasteiger partial charge in [-0.25, -0.2) is 14.6 Å². The van der Waals surface area contributed by atoms with Gasteiger partial charge in [0.1, 0.15) is 18.1 Å². The molecule has 9 nitrogen and oxygen atoms in total. The summed E-state index contributed by atoms with van der Waals surface area (Å²) in [5.41, 5.74) is 2.76. The van der Waals surface area contributed by atoms with Crippen LogP contribution in [0.4, 0.5) is 0 Å². The Morgan fingerprint density at radius 3 is 2.26 bits per heavy atom. The molecular formula is C35H32Cl2N2O7S. The zero-order valence-corrected chi connectivity index (χ0v) is 28.5. The van der Waals surface area contributed by atoms with E-state index in [1.54, 1.807) is 75.4 Å². The lowest BCUT2D eigenvalue weighted by Gasteiger charge is -2.24. The van der Waals surface area contributed by atoms with Crippen LogP contribution in [-0.2, 0) is 20.9 Å². The van der Waals surface area contributed by atoms with Crippen LogP contribution in [0.3, 0.4) is 0 Å². The van der Waals surface area contributed by atoms with E-state index >= 15 is 0 Å². The quantitative estimate of drug-likeness (QED) is 0.171. The van der Waals surface area contributed by atoms with Gasteiger partial charge in [0.05, 0.1) is 52.3 Å². The Balaban J connectivity index is 1.56. The van der Waals surface area contributed by atoms with E-state index in [9.17, 15) is 14.4 Å². The third-order valence-corrected chi connectivity index (χ3v) is 8.68. The van der Waals surface area contributed by atoms with Gasteiger partial charge in [-0.15, -0.1) is 0 Å². The van der Waals surface area contributed by atoms with Gasteiger partial charge in [-0.2, -0.15) is 0 Å². The highest BCUT2D eigenvalue weighted by Crippen LogP contribution is 2.34. The molecule has 1 aliphatic heterocycles. The molecule has 12 heteroatoms. The van der Waals surface area contributed by atoms with Gasteiger partial charge in [-0.1, -0.05) is 58.8 Å². The molecule has 3 aromatic carbocycles. The summed E-state index contributed by atoms with van der Waals surface area (Å²) in [6, 6.07) is 16.5. The summed E-state index contributed by atoms with van der Waals surface area (Å²) < 4.78 is 24.0. The molecule has 1 atom stereocenters. The second kappa shape index (κ2) is 15.0. The first-order chi connectivity index (χ1) is 22.6. The number of halogens is 2. The maximum Gasteiger partial charge on any atom is 0.338 e. The molecule has 0 saturated heterocycles. The smallest absolute Gasteiger partial charge is 0.338 e. The summed E-state index contributed by atoms with van der Waals surface area (Å²) in [6.45, 7) is 8.19. The maximum atomic E-state index is 14.1. The fraction of sp³-hybridized carbons (Fsp3) is 0.257. The number of rotatable bonds is 11. The Morgan fingerprint density at radius 1 is 0.915 bits per heavy atom. The number of benzene rings is 3. The molecule has 5 rings (SSSR count). The van der Waals surface area contributed by atoms with Gasteiger partial charge in [0.15, 0.2) is 4.80 Å². The molecule has 0 unspecified atom stereocenters. The maximum absolute atomic E-state index is 14.1. The van der Waals surface area contributed by atoms with Crippen LogP contribution in [0.1, 0.15) is 60.8 Å². The number of nitrogens with zero attached hydrogens (tertiary/aromatic N) is 2. The number of fused-ring (bicyclic) bond motifs is 1. The Morgan fingerprint density at radius 2 is 1.60 bits per heavy atom. The van der Waals surface area contributed by atoms with Gasteiger partial charge >= 0.3 is 11.9 Å². The summed E-state index contributed by atoms with van der Waals surface area (Å²) in [5, 5.41) is 0.611. The normalized spacial score (nSPS) is 14.3. The van der Waals surface area contributed by atoms with E-state index in [-0.39, 0.29) is 36.0 Å². The lowest BCUT2D eigenvalue weighted by molar-refractivity contribution is -0.139. The van der Waals surface area contributed by atoms with Gasteiger partial charge in [-0.05, 0) is 81.3 Å². The third kappa shape index (κ3) is 7.45. The first-order valence-electron chi connectivity index (χ1n) is 14.9. The molecule has 0 aliphatic carbocycles. The Labute approximate surface area is 285 Å². The van der Waals surface area contributed by atoms with Crippen LogP contribution in [-0.4, -0.2) is 36.3 Å². The molecule has 244 valence electrons. The monoisotopic (exact) mass is 694 g/mol. The van der Waals surface area contributed by atoms with Crippen LogP contribution in [0, 0.1) is 0 Å². The summed E-state index contributed by atoms with van der Waals surface area (Å²) in [6.07, 6.45) is 1.65. The Kier molecular flexibility index (Phi) is 10.9. The van der Waals surface area contributed by atoms with E-state index < -0.39 is 18.0 Å². The van der Waals surface area contributed by atoms with Crippen LogP contribution in [0.5, 0.6) is 11.5 Å². The van der Waals surface area contributed by atoms with E-state index in [1.807, 2.05) is 19.1 Å². The van der Waals surface area contributed by atoms with E-state index in [2.05, 4.69) is 4.99 Å².